The number of halogens is 1. The van der Waals surface area contributed by atoms with E-state index in [-0.39, 0.29) is 43.7 Å². The van der Waals surface area contributed by atoms with Gasteiger partial charge >= 0.3 is 6.09 Å². The van der Waals surface area contributed by atoms with Gasteiger partial charge in [-0.1, -0.05) is 82.6 Å². The highest BCUT2D eigenvalue weighted by molar-refractivity contribution is 6.76. The lowest BCUT2D eigenvalue weighted by Crippen LogP contribution is -2.45. The van der Waals surface area contributed by atoms with Crippen LogP contribution in [-0.4, -0.2) is 89.2 Å². The van der Waals surface area contributed by atoms with Crippen LogP contribution in [0.3, 0.4) is 0 Å². The van der Waals surface area contributed by atoms with E-state index in [1.165, 1.54) is 0 Å². The highest BCUT2D eigenvalue weighted by Gasteiger charge is 2.37. The molecular formula is C50H69FN6O6Si2. The van der Waals surface area contributed by atoms with Crippen LogP contribution in [0.25, 0.3) is 33.5 Å². The lowest BCUT2D eigenvalue weighted by atomic mass is 9.95. The molecule has 0 radical (unpaired) electrons. The Morgan fingerprint density at radius 2 is 1.52 bits per heavy atom. The van der Waals surface area contributed by atoms with Crippen LogP contribution in [0.1, 0.15) is 63.1 Å². The lowest BCUT2D eigenvalue weighted by Gasteiger charge is -2.34. The summed E-state index contributed by atoms with van der Waals surface area (Å²) in [4.78, 5) is 35.7. The van der Waals surface area contributed by atoms with Gasteiger partial charge in [0.2, 0.25) is 5.91 Å². The molecule has 0 bridgehead atoms. The number of fused-ring (bicyclic) bond motifs is 2. The van der Waals surface area contributed by atoms with Gasteiger partial charge in [0, 0.05) is 53.8 Å². The number of amides is 2. The monoisotopic (exact) mass is 924 g/mol. The Morgan fingerprint density at radius 1 is 0.846 bits per heavy atom. The summed E-state index contributed by atoms with van der Waals surface area (Å²) in [7, 11) is -2.71. The topological polar surface area (TPSA) is 113 Å². The van der Waals surface area contributed by atoms with E-state index in [0.29, 0.717) is 70.2 Å². The second kappa shape index (κ2) is 19.9. The molecule has 2 aliphatic rings. The maximum Gasteiger partial charge on any atom is 0.410 e. The number of carbonyl (C=O) groups excluding carboxylic acids is 2. The molecule has 4 heterocycles. The van der Waals surface area contributed by atoms with Crippen LogP contribution >= 0.6 is 0 Å². The summed E-state index contributed by atoms with van der Waals surface area (Å²) < 4.78 is 44.2. The predicted octanol–water partition coefficient (Wildman–Crippen LogP) is 11.0. The SMILES string of the molecule is CCc1cc(OCc2ccccc2)c(F)cc1-c1ccc2c(-c3nc4c(n3COCC[Si](C)(C)C)CN(C(=O)C3CCN(C(=O)OC(C)(C)C)CC3)C4)nn(COCC[Si](C)(C)C)c2c1. The van der Waals surface area contributed by atoms with E-state index in [1.807, 2.05) is 72.8 Å². The molecule has 3 aromatic carbocycles. The summed E-state index contributed by atoms with van der Waals surface area (Å²) in [5.41, 5.74) is 6.35. The minimum Gasteiger partial charge on any atom is -0.486 e. The van der Waals surface area contributed by atoms with Crippen molar-refractivity contribution in [3.8, 4) is 28.4 Å². The number of likely N-dealkylation sites (tertiary alicyclic amines) is 1. The standard InChI is InChI=1S/C50H69FN6O6Si2/c1-11-36-28-45(62-32-35-15-13-12-14-16-35)41(51)29-40(36)38-17-18-39-43(27-38)57(34-61-24-26-65(8,9)10)53-46(39)47-52-42-30-55(31-44(42)56(47)33-60-23-25-64(5,6)7)48(58)37-19-21-54(22-20-37)49(59)63-50(2,3)4/h12-18,27-29,37H,11,19-26,30-34H2,1-10H3. The fraction of sp³-hybridized carbons (Fsp3) is 0.520. The summed E-state index contributed by atoms with van der Waals surface area (Å²) in [6, 6.07) is 21.4. The Labute approximate surface area is 386 Å². The maximum atomic E-state index is 15.8. The van der Waals surface area contributed by atoms with Crippen molar-refractivity contribution < 1.29 is 32.9 Å². The van der Waals surface area contributed by atoms with E-state index in [2.05, 4.69) is 62.9 Å². The van der Waals surface area contributed by atoms with Crippen LogP contribution in [0.5, 0.6) is 5.75 Å². The van der Waals surface area contributed by atoms with Crippen molar-refractivity contribution in [1.82, 2.24) is 29.1 Å². The summed E-state index contributed by atoms with van der Waals surface area (Å²) in [6.07, 6.45) is 1.52. The first-order chi connectivity index (χ1) is 30.8. The molecule has 1 saturated heterocycles. The number of nitrogens with zero attached hydrogens (tertiary/aromatic N) is 6. The Bertz CT molecular complexity index is 2460. The van der Waals surface area contributed by atoms with E-state index in [1.54, 1.807) is 11.0 Å². The molecule has 65 heavy (non-hydrogen) atoms. The van der Waals surface area contributed by atoms with Crippen LogP contribution in [0.4, 0.5) is 9.18 Å². The average Bonchev–Trinajstić information content (AvgIpc) is 3.93. The van der Waals surface area contributed by atoms with Crippen LogP contribution < -0.4 is 4.74 Å². The second-order valence-electron chi connectivity index (χ2n) is 21.0. The summed E-state index contributed by atoms with van der Waals surface area (Å²) in [6.45, 7) is 25.5. The molecule has 0 N–H and O–H groups in total. The molecule has 0 aliphatic carbocycles. The fourth-order valence-corrected chi connectivity index (χ4v) is 9.81. The molecule has 2 amide bonds. The number of imidazole rings is 1. The van der Waals surface area contributed by atoms with Crippen LogP contribution in [0, 0.1) is 11.7 Å². The van der Waals surface area contributed by atoms with Crippen molar-refractivity contribution in [2.24, 2.45) is 5.92 Å². The zero-order chi connectivity index (χ0) is 46.7. The molecule has 7 rings (SSSR count). The molecule has 350 valence electrons. The first-order valence-corrected chi connectivity index (χ1v) is 30.7. The molecule has 0 unspecified atom stereocenters. The number of aromatic nitrogens is 4. The fourth-order valence-electron chi connectivity index (χ4n) is 8.30. The van der Waals surface area contributed by atoms with Gasteiger partial charge in [-0.05, 0) is 98.6 Å². The van der Waals surface area contributed by atoms with Gasteiger partial charge in [0.15, 0.2) is 17.4 Å². The first kappa shape index (κ1) is 48.1. The van der Waals surface area contributed by atoms with E-state index < -0.39 is 27.6 Å². The number of aryl methyl sites for hydroxylation is 1. The Morgan fingerprint density at radius 3 is 2.17 bits per heavy atom. The van der Waals surface area contributed by atoms with Crippen molar-refractivity contribution in [3.05, 3.63) is 89.0 Å². The minimum atomic E-state index is -1.37. The van der Waals surface area contributed by atoms with E-state index >= 15 is 4.39 Å². The van der Waals surface area contributed by atoms with E-state index in [9.17, 15) is 9.59 Å². The first-order valence-electron chi connectivity index (χ1n) is 23.3. The molecule has 5 aromatic rings. The molecule has 0 atom stereocenters. The number of rotatable bonds is 17. The molecule has 1 fully saturated rings. The third kappa shape index (κ3) is 12.1. The summed E-state index contributed by atoms with van der Waals surface area (Å²) >= 11 is 0. The van der Waals surface area contributed by atoms with Crippen molar-refractivity contribution in [3.63, 3.8) is 0 Å². The number of piperidine rings is 1. The zero-order valence-electron chi connectivity index (χ0n) is 40.3. The van der Waals surface area contributed by atoms with Gasteiger partial charge in [-0.3, -0.25) is 4.79 Å². The summed E-state index contributed by atoms with van der Waals surface area (Å²) in [5.74, 6) is 0.389. The van der Waals surface area contributed by atoms with Gasteiger partial charge in [-0.15, -0.1) is 0 Å². The highest BCUT2D eigenvalue weighted by Crippen LogP contribution is 2.38. The third-order valence-electron chi connectivity index (χ3n) is 12.1. The number of hydrogen-bond donors (Lipinski definition) is 0. The smallest absolute Gasteiger partial charge is 0.410 e. The lowest BCUT2D eigenvalue weighted by molar-refractivity contribution is -0.137. The van der Waals surface area contributed by atoms with Gasteiger partial charge in [0.1, 0.15) is 31.4 Å². The van der Waals surface area contributed by atoms with Gasteiger partial charge < -0.3 is 33.3 Å². The predicted molar refractivity (Wildman–Crippen MR) is 259 cm³/mol. The maximum absolute atomic E-state index is 15.8. The quantitative estimate of drug-likeness (QED) is 0.0669. The Hall–Kier alpha value is -4.84. The summed E-state index contributed by atoms with van der Waals surface area (Å²) in [5, 5.41) is 6.11. The van der Waals surface area contributed by atoms with Crippen molar-refractivity contribution in [1.29, 1.82) is 0 Å². The number of ether oxygens (including phenoxy) is 4. The average molecular weight is 925 g/mol. The number of hydrogen-bond acceptors (Lipinski definition) is 8. The molecule has 12 nitrogen and oxygen atoms in total. The molecule has 15 heteroatoms. The van der Waals surface area contributed by atoms with E-state index in [0.717, 1.165) is 56.6 Å². The normalized spacial score (nSPS) is 14.9. The molecule has 2 aliphatic heterocycles. The zero-order valence-corrected chi connectivity index (χ0v) is 42.3. The van der Waals surface area contributed by atoms with Crippen molar-refractivity contribution in [2.45, 2.75) is 137 Å². The number of carbonyl (C=O) groups is 2. The van der Waals surface area contributed by atoms with Crippen LogP contribution in [0.2, 0.25) is 51.4 Å². The third-order valence-corrected chi connectivity index (χ3v) is 15.5. The van der Waals surface area contributed by atoms with Crippen molar-refractivity contribution >= 4 is 39.1 Å². The molecule has 0 spiro atoms. The second-order valence-corrected chi connectivity index (χ2v) is 32.3. The van der Waals surface area contributed by atoms with Gasteiger partial charge in [0.05, 0.1) is 30.0 Å². The Balaban J connectivity index is 1.19. The largest absolute Gasteiger partial charge is 0.486 e. The van der Waals surface area contributed by atoms with Gasteiger partial charge in [0.25, 0.3) is 0 Å². The number of benzene rings is 3. The molecular weight excluding hydrogens is 856 g/mol. The van der Waals surface area contributed by atoms with Gasteiger partial charge in [-0.2, -0.15) is 5.10 Å². The van der Waals surface area contributed by atoms with Gasteiger partial charge in [-0.25, -0.2) is 18.9 Å². The highest BCUT2D eigenvalue weighted by atomic mass is 28.3. The van der Waals surface area contributed by atoms with Crippen LogP contribution in [0.15, 0.2) is 60.7 Å². The van der Waals surface area contributed by atoms with Crippen molar-refractivity contribution in [2.75, 3.05) is 26.3 Å². The minimum absolute atomic E-state index is 0.0796. The van der Waals surface area contributed by atoms with Crippen LogP contribution in [-0.2, 0) is 58.6 Å². The Kier molecular flexibility index (Phi) is 14.8. The molecule has 2 aromatic heterocycles. The molecule has 0 saturated carbocycles. The van der Waals surface area contributed by atoms with E-state index in [4.69, 9.17) is 29.0 Å².